The number of hydrogen-bond acceptors (Lipinski definition) is 2. The van der Waals surface area contributed by atoms with Crippen molar-refractivity contribution in [3.8, 4) is 0 Å². The second-order valence-electron chi connectivity index (χ2n) is 2.95. The molecule has 0 amide bonds. The van der Waals surface area contributed by atoms with E-state index in [1.807, 2.05) is 0 Å². The third-order valence-corrected chi connectivity index (χ3v) is 2.27. The van der Waals surface area contributed by atoms with Crippen LogP contribution in [0.15, 0.2) is 0 Å². The molecule has 0 spiro atoms. The van der Waals surface area contributed by atoms with Crippen LogP contribution in [0.25, 0.3) is 0 Å². The first-order valence-electron chi connectivity index (χ1n) is 3.71. The molecule has 0 aromatic rings. The van der Waals surface area contributed by atoms with Gasteiger partial charge in [0.25, 0.3) is 0 Å². The Hall–Kier alpha value is -0.640. The minimum Gasteiger partial charge on any atom is -0.481 e. The zero-order valence-electron chi connectivity index (χ0n) is 6.27. The summed E-state index contributed by atoms with van der Waals surface area (Å²) < 4.78 is 12.0. The second kappa shape index (κ2) is 3.17. The third kappa shape index (κ3) is 1.50. The molecule has 3 nitrogen and oxygen atoms in total. The summed E-state index contributed by atoms with van der Waals surface area (Å²) in [6.45, 7) is 0.548. The number of rotatable bonds is 3. The first kappa shape index (κ1) is 8.46. The molecule has 1 aliphatic rings. The lowest BCUT2D eigenvalue weighted by Gasteiger charge is -2.20. The topological polar surface area (TPSA) is 49.3 Å². The Morgan fingerprint density at radius 2 is 2.45 bits per heavy atom. The molecule has 1 saturated heterocycles. The van der Waals surface area contributed by atoms with E-state index in [9.17, 15) is 9.18 Å². The van der Waals surface area contributed by atoms with Crippen LogP contribution in [0.5, 0.6) is 0 Å². The van der Waals surface area contributed by atoms with Gasteiger partial charge in [-0.25, -0.2) is 0 Å². The second-order valence-corrected chi connectivity index (χ2v) is 2.95. The summed E-state index contributed by atoms with van der Waals surface area (Å²) in [6.07, 6.45) is 0.682. The van der Waals surface area contributed by atoms with Crippen LogP contribution >= 0.6 is 0 Å². The summed E-state index contributed by atoms with van der Waals surface area (Å²) in [4.78, 5) is 10.7. The third-order valence-electron chi connectivity index (χ3n) is 2.27. The Morgan fingerprint density at radius 3 is 2.82 bits per heavy atom. The number of nitrogens with one attached hydrogen (secondary N) is 1. The van der Waals surface area contributed by atoms with Gasteiger partial charge in [0.2, 0.25) is 0 Å². The molecule has 4 heteroatoms. The van der Waals surface area contributed by atoms with Crippen LogP contribution < -0.4 is 5.32 Å². The molecule has 1 atom stereocenters. The molecule has 0 aromatic carbocycles. The largest absolute Gasteiger partial charge is 0.481 e. The van der Waals surface area contributed by atoms with Gasteiger partial charge in [-0.15, -0.1) is 0 Å². The molecule has 2 N–H and O–H groups in total. The highest BCUT2D eigenvalue weighted by atomic mass is 19.1. The maximum atomic E-state index is 12.0. The van der Waals surface area contributed by atoms with Crippen molar-refractivity contribution in [1.29, 1.82) is 0 Å². The van der Waals surface area contributed by atoms with Gasteiger partial charge in [-0.1, -0.05) is 0 Å². The Kier molecular flexibility index (Phi) is 2.44. The van der Waals surface area contributed by atoms with Crippen LogP contribution in [0, 0.1) is 5.41 Å². The van der Waals surface area contributed by atoms with Crippen molar-refractivity contribution in [2.24, 2.45) is 5.41 Å². The lowest BCUT2D eigenvalue weighted by atomic mass is 9.84. The molecule has 1 rings (SSSR count). The summed E-state index contributed by atoms with van der Waals surface area (Å²) in [6, 6.07) is 0. The van der Waals surface area contributed by atoms with Crippen molar-refractivity contribution in [2.45, 2.75) is 12.8 Å². The van der Waals surface area contributed by atoms with E-state index < -0.39 is 18.1 Å². The highest BCUT2D eigenvalue weighted by Crippen LogP contribution is 2.29. The standard InChI is InChI=1S/C7H12FNO2/c8-3-1-7(6(10)11)2-4-9-5-7/h9H,1-5H2,(H,10,11). The van der Waals surface area contributed by atoms with Gasteiger partial charge in [0.15, 0.2) is 0 Å². The molecule has 64 valence electrons. The molecule has 0 aliphatic carbocycles. The quantitative estimate of drug-likeness (QED) is 0.630. The molecule has 0 aromatic heterocycles. The molecule has 1 fully saturated rings. The van der Waals surface area contributed by atoms with E-state index in [0.717, 1.165) is 0 Å². The molecular formula is C7H12FNO2. The predicted molar refractivity (Wildman–Crippen MR) is 38.1 cm³/mol. The van der Waals surface area contributed by atoms with E-state index in [1.165, 1.54) is 0 Å². The predicted octanol–water partition coefficient (Wildman–Crippen LogP) is 0.410. The van der Waals surface area contributed by atoms with E-state index >= 15 is 0 Å². The number of carboxylic acid groups (broad SMARTS) is 1. The summed E-state index contributed by atoms with van der Waals surface area (Å²) in [5, 5.41) is 11.7. The number of hydrogen-bond donors (Lipinski definition) is 2. The SMILES string of the molecule is O=C(O)C1(CCF)CCNC1. The Labute approximate surface area is 64.6 Å². The minimum atomic E-state index is -0.875. The van der Waals surface area contributed by atoms with E-state index in [2.05, 4.69) is 5.32 Å². The normalized spacial score (nSPS) is 30.6. The summed E-state index contributed by atoms with van der Waals surface area (Å²) in [7, 11) is 0. The number of halogens is 1. The van der Waals surface area contributed by atoms with Crippen LogP contribution in [-0.2, 0) is 4.79 Å². The Bertz CT molecular complexity index is 155. The van der Waals surface area contributed by atoms with Crippen molar-refractivity contribution in [1.82, 2.24) is 5.32 Å². The fraction of sp³-hybridized carbons (Fsp3) is 0.857. The summed E-state index contributed by atoms with van der Waals surface area (Å²) in [5.41, 5.74) is -0.825. The van der Waals surface area contributed by atoms with Crippen LogP contribution in [-0.4, -0.2) is 30.8 Å². The van der Waals surface area contributed by atoms with Crippen molar-refractivity contribution in [3.05, 3.63) is 0 Å². The maximum absolute atomic E-state index is 12.0. The average molecular weight is 161 g/mol. The van der Waals surface area contributed by atoms with E-state index in [1.54, 1.807) is 0 Å². The molecule has 0 radical (unpaired) electrons. The average Bonchev–Trinajstić information content (AvgIpc) is 2.38. The van der Waals surface area contributed by atoms with E-state index in [4.69, 9.17) is 5.11 Å². The molecular weight excluding hydrogens is 149 g/mol. The molecule has 0 bridgehead atoms. The number of alkyl halides is 1. The zero-order valence-corrected chi connectivity index (χ0v) is 6.27. The van der Waals surface area contributed by atoms with Crippen LogP contribution in [0.2, 0.25) is 0 Å². The van der Waals surface area contributed by atoms with Crippen LogP contribution in [0.4, 0.5) is 4.39 Å². The Morgan fingerprint density at radius 1 is 1.73 bits per heavy atom. The lowest BCUT2D eigenvalue weighted by Crippen LogP contribution is -2.33. The van der Waals surface area contributed by atoms with Gasteiger partial charge in [0, 0.05) is 6.54 Å². The molecule has 1 aliphatic heterocycles. The summed E-state index contributed by atoms with van der Waals surface area (Å²) in [5.74, 6) is -0.875. The van der Waals surface area contributed by atoms with Crippen molar-refractivity contribution < 1.29 is 14.3 Å². The van der Waals surface area contributed by atoms with Gasteiger partial charge in [0.05, 0.1) is 12.1 Å². The van der Waals surface area contributed by atoms with E-state index in [-0.39, 0.29) is 6.42 Å². The van der Waals surface area contributed by atoms with Gasteiger partial charge in [-0.2, -0.15) is 0 Å². The first-order valence-corrected chi connectivity index (χ1v) is 3.71. The van der Waals surface area contributed by atoms with Gasteiger partial charge in [-0.3, -0.25) is 9.18 Å². The first-order chi connectivity index (χ1) is 5.21. The Balaban J connectivity index is 2.62. The van der Waals surface area contributed by atoms with Gasteiger partial charge in [-0.05, 0) is 19.4 Å². The number of carboxylic acids is 1. The fourth-order valence-corrected chi connectivity index (χ4v) is 1.43. The maximum Gasteiger partial charge on any atom is 0.311 e. The highest BCUT2D eigenvalue weighted by molar-refractivity contribution is 5.75. The molecule has 1 unspecified atom stereocenters. The lowest BCUT2D eigenvalue weighted by molar-refractivity contribution is -0.148. The van der Waals surface area contributed by atoms with Crippen LogP contribution in [0.3, 0.4) is 0 Å². The monoisotopic (exact) mass is 161 g/mol. The van der Waals surface area contributed by atoms with E-state index in [0.29, 0.717) is 19.5 Å². The van der Waals surface area contributed by atoms with Gasteiger partial charge in [0.1, 0.15) is 0 Å². The fourth-order valence-electron chi connectivity index (χ4n) is 1.43. The zero-order chi connectivity index (χ0) is 8.32. The van der Waals surface area contributed by atoms with Gasteiger partial charge >= 0.3 is 5.97 Å². The highest BCUT2D eigenvalue weighted by Gasteiger charge is 2.40. The van der Waals surface area contributed by atoms with Crippen molar-refractivity contribution in [3.63, 3.8) is 0 Å². The smallest absolute Gasteiger partial charge is 0.311 e. The molecule has 11 heavy (non-hydrogen) atoms. The minimum absolute atomic E-state index is 0.134. The molecule has 0 saturated carbocycles. The van der Waals surface area contributed by atoms with Gasteiger partial charge < -0.3 is 10.4 Å². The van der Waals surface area contributed by atoms with Crippen LogP contribution in [0.1, 0.15) is 12.8 Å². The number of aliphatic carboxylic acids is 1. The van der Waals surface area contributed by atoms with Crippen molar-refractivity contribution in [2.75, 3.05) is 19.8 Å². The number of carbonyl (C=O) groups is 1. The summed E-state index contributed by atoms with van der Waals surface area (Å²) >= 11 is 0. The molecule has 1 heterocycles. The van der Waals surface area contributed by atoms with Crippen molar-refractivity contribution >= 4 is 5.97 Å².